The minimum Gasteiger partial charge on any atom is -0.383 e. The Morgan fingerprint density at radius 1 is 1.53 bits per heavy atom. The van der Waals surface area contributed by atoms with Crippen molar-refractivity contribution in [1.29, 1.82) is 0 Å². The van der Waals surface area contributed by atoms with Crippen molar-refractivity contribution in [2.45, 2.75) is 32.7 Å². The van der Waals surface area contributed by atoms with Crippen LogP contribution in [0.3, 0.4) is 0 Å². The number of methoxy groups -OCH3 is 1. The van der Waals surface area contributed by atoms with Crippen LogP contribution in [-0.2, 0) is 4.74 Å². The van der Waals surface area contributed by atoms with Gasteiger partial charge in [-0.1, -0.05) is 13.8 Å². The molecule has 17 heavy (non-hydrogen) atoms. The van der Waals surface area contributed by atoms with Gasteiger partial charge in [-0.05, 0) is 12.8 Å². The molecule has 0 spiro atoms. The Kier molecular flexibility index (Phi) is 5.62. The molecule has 1 N–H and O–H groups in total. The quantitative estimate of drug-likeness (QED) is 0.774. The van der Waals surface area contributed by atoms with Gasteiger partial charge in [-0.15, -0.1) is 0 Å². The zero-order chi connectivity index (χ0) is 12.7. The number of aromatic nitrogens is 3. The monoisotopic (exact) mass is 240 g/mol. The maximum atomic E-state index is 12.2. The molecule has 0 aromatic carbocycles. The van der Waals surface area contributed by atoms with Crippen LogP contribution in [-0.4, -0.2) is 52.5 Å². The van der Waals surface area contributed by atoms with Crippen LogP contribution < -0.4 is 0 Å². The zero-order valence-corrected chi connectivity index (χ0v) is 10.6. The number of ether oxygens (including phenoxy) is 1. The first-order valence-electron chi connectivity index (χ1n) is 5.90. The van der Waals surface area contributed by atoms with Crippen LogP contribution in [0.5, 0.6) is 0 Å². The number of nitrogens with one attached hydrogen (secondary N) is 1. The Morgan fingerprint density at radius 3 is 2.71 bits per heavy atom. The van der Waals surface area contributed by atoms with Gasteiger partial charge in [-0.2, -0.15) is 15.4 Å². The molecule has 1 aromatic rings. The Balaban J connectivity index is 2.77. The van der Waals surface area contributed by atoms with Crippen molar-refractivity contribution in [2.24, 2.45) is 0 Å². The molecule has 6 nitrogen and oxygen atoms in total. The highest BCUT2D eigenvalue weighted by atomic mass is 16.5. The molecule has 96 valence electrons. The van der Waals surface area contributed by atoms with Gasteiger partial charge in [0.15, 0.2) is 5.69 Å². The lowest BCUT2D eigenvalue weighted by atomic mass is 10.1. The lowest BCUT2D eigenvalue weighted by Gasteiger charge is -2.29. The molecule has 0 saturated carbocycles. The van der Waals surface area contributed by atoms with Crippen LogP contribution in [0.2, 0.25) is 0 Å². The number of hydrogen-bond donors (Lipinski definition) is 1. The Hall–Kier alpha value is -1.43. The highest BCUT2D eigenvalue weighted by Crippen LogP contribution is 2.11. The van der Waals surface area contributed by atoms with Gasteiger partial charge >= 0.3 is 0 Å². The van der Waals surface area contributed by atoms with Gasteiger partial charge in [0.2, 0.25) is 0 Å². The third kappa shape index (κ3) is 3.52. The molecule has 6 heteroatoms. The second-order valence-corrected chi connectivity index (χ2v) is 3.82. The molecule has 0 saturated heterocycles. The second-order valence-electron chi connectivity index (χ2n) is 3.82. The molecule has 1 amide bonds. The largest absolute Gasteiger partial charge is 0.383 e. The smallest absolute Gasteiger partial charge is 0.276 e. The Labute approximate surface area is 101 Å². The minimum absolute atomic E-state index is 0.0931. The van der Waals surface area contributed by atoms with Gasteiger partial charge in [-0.3, -0.25) is 4.79 Å². The molecule has 0 unspecified atom stereocenters. The molecule has 0 aliphatic rings. The van der Waals surface area contributed by atoms with Crippen molar-refractivity contribution in [3.05, 3.63) is 11.9 Å². The third-order valence-electron chi connectivity index (χ3n) is 2.81. The number of hydrogen-bond acceptors (Lipinski definition) is 4. The van der Waals surface area contributed by atoms with E-state index in [1.165, 1.54) is 6.20 Å². The van der Waals surface area contributed by atoms with E-state index in [-0.39, 0.29) is 11.9 Å². The highest BCUT2D eigenvalue weighted by molar-refractivity contribution is 5.92. The van der Waals surface area contributed by atoms with E-state index in [1.54, 1.807) is 12.0 Å². The number of nitrogens with zero attached hydrogens (tertiary/aromatic N) is 3. The summed E-state index contributed by atoms with van der Waals surface area (Å²) in [5.41, 5.74) is 0.355. The van der Waals surface area contributed by atoms with Crippen LogP contribution in [0.4, 0.5) is 0 Å². The van der Waals surface area contributed by atoms with E-state index in [4.69, 9.17) is 4.74 Å². The average molecular weight is 240 g/mol. The molecule has 1 heterocycles. The van der Waals surface area contributed by atoms with Gasteiger partial charge in [0.1, 0.15) is 0 Å². The molecule has 0 aliphatic heterocycles. The summed E-state index contributed by atoms with van der Waals surface area (Å²) in [6, 6.07) is 0.217. The van der Waals surface area contributed by atoms with Crippen molar-refractivity contribution in [2.75, 3.05) is 20.3 Å². The summed E-state index contributed by atoms with van der Waals surface area (Å²) < 4.78 is 5.04. The summed E-state index contributed by atoms with van der Waals surface area (Å²) in [6.07, 6.45) is 3.29. The molecular weight excluding hydrogens is 220 g/mol. The van der Waals surface area contributed by atoms with Gasteiger partial charge in [0.05, 0.1) is 12.8 Å². The van der Waals surface area contributed by atoms with Crippen LogP contribution in [0.15, 0.2) is 6.20 Å². The molecule has 0 fully saturated rings. The van der Waals surface area contributed by atoms with Gasteiger partial charge in [-0.25, -0.2) is 0 Å². The summed E-state index contributed by atoms with van der Waals surface area (Å²) in [6.45, 7) is 5.25. The van der Waals surface area contributed by atoms with E-state index in [1.807, 2.05) is 0 Å². The number of carbonyl (C=O) groups is 1. The van der Waals surface area contributed by atoms with E-state index in [9.17, 15) is 4.79 Å². The van der Waals surface area contributed by atoms with Crippen molar-refractivity contribution in [1.82, 2.24) is 20.3 Å². The van der Waals surface area contributed by atoms with E-state index < -0.39 is 0 Å². The summed E-state index contributed by atoms with van der Waals surface area (Å²) in [7, 11) is 1.63. The van der Waals surface area contributed by atoms with Crippen molar-refractivity contribution in [3.63, 3.8) is 0 Å². The lowest BCUT2D eigenvalue weighted by Crippen LogP contribution is -2.42. The minimum atomic E-state index is -0.0931. The van der Waals surface area contributed by atoms with E-state index in [2.05, 4.69) is 29.3 Å². The predicted molar refractivity (Wildman–Crippen MR) is 63.7 cm³/mol. The lowest BCUT2D eigenvalue weighted by molar-refractivity contribution is 0.0583. The molecular formula is C11H20N4O2. The molecule has 1 rings (SSSR count). The fraction of sp³-hybridized carbons (Fsp3) is 0.727. The Morgan fingerprint density at radius 2 is 2.24 bits per heavy atom. The van der Waals surface area contributed by atoms with Crippen molar-refractivity contribution >= 4 is 5.91 Å². The highest BCUT2D eigenvalue weighted by Gasteiger charge is 2.23. The van der Waals surface area contributed by atoms with Crippen LogP contribution in [0.1, 0.15) is 37.2 Å². The number of rotatable bonds is 7. The first-order valence-corrected chi connectivity index (χ1v) is 5.90. The zero-order valence-electron chi connectivity index (χ0n) is 10.6. The van der Waals surface area contributed by atoms with Crippen molar-refractivity contribution < 1.29 is 9.53 Å². The second kappa shape index (κ2) is 7.01. The van der Waals surface area contributed by atoms with Crippen molar-refractivity contribution in [3.8, 4) is 0 Å². The van der Waals surface area contributed by atoms with Crippen LogP contribution in [0.25, 0.3) is 0 Å². The summed E-state index contributed by atoms with van der Waals surface area (Å²) in [5, 5.41) is 9.95. The Bertz CT molecular complexity index is 322. The maximum Gasteiger partial charge on any atom is 0.276 e. The number of carbonyl (C=O) groups excluding carboxylic acids is 1. The number of amides is 1. The predicted octanol–water partition coefficient (Wildman–Crippen LogP) is 1.08. The molecule has 1 aromatic heterocycles. The van der Waals surface area contributed by atoms with Crippen LogP contribution in [0, 0.1) is 0 Å². The maximum absolute atomic E-state index is 12.2. The number of aromatic amines is 1. The first kappa shape index (κ1) is 13.6. The van der Waals surface area contributed by atoms with E-state index in [0.717, 1.165) is 12.8 Å². The standard InChI is InChI=1S/C11H20N4O2/c1-4-9(5-2)15(6-7-17-3)11(16)10-8-12-14-13-10/h8-9H,4-7H2,1-3H3,(H,12,13,14). The van der Waals surface area contributed by atoms with Gasteiger partial charge in [0, 0.05) is 19.7 Å². The molecule has 0 aliphatic carbocycles. The normalized spacial score (nSPS) is 10.8. The fourth-order valence-corrected chi connectivity index (χ4v) is 1.82. The topological polar surface area (TPSA) is 71.1 Å². The SMILES string of the molecule is CCC(CC)N(CCOC)C(=O)c1cn[nH]n1. The number of H-pyrrole nitrogens is 1. The summed E-state index contributed by atoms with van der Waals surface area (Å²) in [5.74, 6) is -0.0931. The summed E-state index contributed by atoms with van der Waals surface area (Å²) >= 11 is 0. The van der Waals surface area contributed by atoms with E-state index in [0.29, 0.717) is 18.8 Å². The van der Waals surface area contributed by atoms with E-state index >= 15 is 0 Å². The summed E-state index contributed by atoms with van der Waals surface area (Å²) in [4.78, 5) is 14.0. The molecule has 0 radical (unpaired) electrons. The first-order chi connectivity index (χ1) is 8.24. The average Bonchev–Trinajstić information content (AvgIpc) is 2.87. The fourth-order valence-electron chi connectivity index (χ4n) is 1.82. The molecule has 0 atom stereocenters. The van der Waals surface area contributed by atoms with Gasteiger partial charge < -0.3 is 9.64 Å². The third-order valence-corrected chi connectivity index (χ3v) is 2.81. The van der Waals surface area contributed by atoms with Gasteiger partial charge in [0.25, 0.3) is 5.91 Å². The molecule has 0 bridgehead atoms. The van der Waals surface area contributed by atoms with Crippen LogP contribution >= 0.6 is 0 Å².